The van der Waals surface area contributed by atoms with Gasteiger partial charge in [-0.3, -0.25) is 9.59 Å². The van der Waals surface area contributed by atoms with E-state index in [9.17, 15) is 9.59 Å². The maximum absolute atomic E-state index is 13.0. The van der Waals surface area contributed by atoms with Crippen LogP contribution < -0.4 is 5.32 Å². The van der Waals surface area contributed by atoms with Crippen molar-refractivity contribution in [1.82, 2.24) is 19.8 Å². The summed E-state index contributed by atoms with van der Waals surface area (Å²) >= 11 is 5.99. The van der Waals surface area contributed by atoms with Gasteiger partial charge >= 0.3 is 0 Å². The van der Waals surface area contributed by atoms with Crippen LogP contribution in [-0.2, 0) is 9.59 Å². The van der Waals surface area contributed by atoms with E-state index >= 15 is 0 Å². The highest BCUT2D eigenvalue weighted by molar-refractivity contribution is 6.30. The minimum Gasteiger partial charge on any atom is -0.345 e. The van der Waals surface area contributed by atoms with Crippen molar-refractivity contribution in [2.75, 3.05) is 25.0 Å². The zero-order valence-electron chi connectivity index (χ0n) is 19.1. The molecule has 2 aliphatic rings. The van der Waals surface area contributed by atoms with Crippen molar-refractivity contribution in [2.24, 2.45) is 0 Å². The Labute approximate surface area is 199 Å². The molecule has 1 aromatic carbocycles. The number of amides is 2. The van der Waals surface area contributed by atoms with E-state index in [-0.39, 0.29) is 17.9 Å². The van der Waals surface area contributed by atoms with E-state index in [1.807, 2.05) is 72.2 Å². The van der Waals surface area contributed by atoms with Crippen molar-refractivity contribution in [2.45, 2.75) is 38.8 Å². The number of piperazine rings is 1. The third kappa shape index (κ3) is 5.25. The maximum atomic E-state index is 13.0. The molecule has 1 N–H and O–H groups in total. The number of hydrogen-bond donors (Lipinski definition) is 1. The highest BCUT2D eigenvalue weighted by Gasteiger charge is 2.31. The highest BCUT2D eigenvalue weighted by Crippen LogP contribution is 2.27. The van der Waals surface area contributed by atoms with E-state index in [1.165, 1.54) is 0 Å². The Morgan fingerprint density at radius 3 is 2.58 bits per heavy atom. The van der Waals surface area contributed by atoms with E-state index in [1.54, 1.807) is 13.1 Å². The molecule has 172 valence electrons. The molecule has 8 heteroatoms. The lowest BCUT2D eigenvalue weighted by Gasteiger charge is -2.40. The van der Waals surface area contributed by atoms with E-state index in [0.717, 1.165) is 11.3 Å². The average molecular weight is 466 g/mol. The normalized spacial score (nSPS) is 22.7. The predicted octanol–water partition coefficient (Wildman–Crippen LogP) is 3.93. The quantitative estimate of drug-likeness (QED) is 0.740. The molecule has 2 aromatic rings. The summed E-state index contributed by atoms with van der Waals surface area (Å²) in [6.07, 6.45) is 8.17. The van der Waals surface area contributed by atoms with Gasteiger partial charge in [0.15, 0.2) is 0 Å². The van der Waals surface area contributed by atoms with Crippen LogP contribution in [0.2, 0.25) is 5.02 Å². The molecule has 1 saturated heterocycles. The van der Waals surface area contributed by atoms with Gasteiger partial charge in [0.1, 0.15) is 0 Å². The standard InChI is InChI=1S/C25H28ClN5O2/c1-17-16-30(14-15-31(17)18(2)32)23(33)20-8-11-25(3,12-9-20)29-24-27-13-10-22(28-24)19-4-6-21(26)7-5-19/h4-11,13,17H,12,14-16H2,1-3H3,(H,27,28,29)/t17-,25?/m1/s1. The lowest BCUT2D eigenvalue weighted by molar-refractivity contribution is -0.139. The lowest BCUT2D eigenvalue weighted by Crippen LogP contribution is -2.55. The van der Waals surface area contributed by atoms with Crippen LogP contribution in [0, 0.1) is 0 Å². The Balaban J connectivity index is 1.40. The Hall–Kier alpha value is -3.19. The van der Waals surface area contributed by atoms with Crippen molar-refractivity contribution in [3.63, 3.8) is 0 Å². The molecular weight excluding hydrogens is 438 g/mol. The monoisotopic (exact) mass is 465 g/mol. The molecule has 2 atom stereocenters. The summed E-state index contributed by atoms with van der Waals surface area (Å²) in [4.78, 5) is 37.4. The highest BCUT2D eigenvalue weighted by atomic mass is 35.5. The number of benzene rings is 1. The second-order valence-electron chi connectivity index (χ2n) is 8.82. The van der Waals surface area contributed by atoms with E-state index in [0.29, 0.717) is 42.6 Å². The van der Waals surface area contributed by atoms with Crippen LogP contribution in [0.5, 0.6) is 0 Å². The van der Waals surface area contributed by atoms with E-state index in [2.05, 4.69) is 15.3 Å². The number of carbonyl (C=O) groups is 2. The molecule has 1 aliphatic carbocycles. The largest absolute Gasteiger partial charge is 0.345 e. The summed E-state index contributed by atoms with van der Waals surface area (Å²) < 4.78 is 0. The molecule has 0 bridgehead atoms. The van der Waals surface area contributed by atoms with Crippen molar-refractivity contribution < 1.29 is 9.59 Å². The topological polar surface area (TPSA) is 78.4 Å². The van der Waals surface area contributed by atoms with Crippen molar-refractivity contribution in [3.8, 4) is 11.3 Å². The Morgan fingerprint density at radius 1 is 1.18 bits per heavy atom. The third-order valence-electron chi connectivity index (χ3n) is 6.14. The minimum atomic E-state index is -0.414. The molecule has 4 rings (SSSR count). The summed E-state index contributed by atoms with van der Waals surface area (Å²) in [5.41, 5.74) is 2.02. The summed E-state index contributed by atoms with van der Waals surface area (Å²) in [7, 11) is 0. The van der Waals surface area contributed by atoms with Crippen LogP contribution in [0.3, 0.4) is 0 Å². The van der Waals surface area contributed by atoms with Crippen molar-refractivity contribution in [3.05, 3.63) is 65.4 Å². The van der Waals surface area contributed by atoms with Gasteiger partial charge in [0.25, 0.3) is 5.91 Å². The SMILES string of the molecule is CC(=O)N1CCN(C(=O)C2=CCC(C)(Nc3nccc(-c4ccc(Cl)cc4)n3)C=C2)C[C@H]1C. The van der Waals surface area contributed by atoms with Crippen molar-refractivity contribution >= 4 is 29.4 Å². The number of anilines is 1. The van der Waals surface area contributed by atoms with Crippen LogP contribution >= 0.6 is 11.6 Å². The van der Waals surface area contributed by atoms with Crippen LogP contribution in [0.4, 0.5) is 5.95 Å². The summed E-state index contributed by atoms with van der Waals surface area (Å²) in [6, 6.07) is 9.40. The first-order chi connectivity index (χ1) is 15.7. The molecule has 2 heterocycles. The Bertz CT molecular complexity index is 1110. The fourth-order valence-electron chi connectivity index (χ4n) is 4.23. The van der Waals surface area contributed by atoms with Crippen LogP contribution in [0.1, 0.15) is 27.2 Å². The first kappa shape index (κ1) is 23.0. The van der Waals surface area contributed by atoms with Crippen LogP contribution in [0.25, 0.3) is 11.3 Å². The van der Waals surface area contributed by atoms with Gasteiger partial charge < -0.3 is 15.1 Å². The van der Waals surface area contributed by atoms with Gasteiger partial charge in [-0.1, -0.05) is 42.0 Å². The number of nitrogens with zero attached hydrogens (tertiary/aromatic N) is 4. The summed E-state index contributed by atoms with van der Waals surface area (Å²) in [5, 5.41) is 4.07. The first-order valence-electron chi connectivity index (χ1n) is 11.1. The van der Waals surface area contributed by atoms with Gasteiger partial charge in [0.05, 0.1) is 11.2 Å². The number of aromatic nitrogens is 2. The van der Waals surface area contributed by atoms with Gasteiger partial charge in [0.2, 0.25) is 11.9 Å². The minimum absolute atomic E-state index is 0.00402. The molecule has 0 saturated carbocycles. The zero-order valence-corrected chi connectivity index (χ0v) is 19.8. The zero-order chi connectivity index (χ0) is 23.6. The Morgan fingerprint density at radius 2 is 1.94 bits per heavy atom. The predicted molar refractivity (Wildman–Crippen MR) is 130 cm³/mol. The number of carbonyl (C=O) groups excluding carboxylic acids is 2. The molecule has 0 spiro atoms. The summed E-state index contributed by atoms with van der Waals surface area (Å²) in [5.74, 6) is 0.576. The smallest absolute Gasteiger partial charge is 0.253 e. The first-order valence-corrected chi connectivity index (χ1v) is 11.4. The van der Waals surface area contributed by atoms with Gasteiger partial charge in [-0.25, -0.2) is 9.97 Å². The fourth-order valence-corrected chi connectivity index (χ4v) is 4.36. The van der Waals surface area contributed by atoms with Gasteiger partial charge in [-0.15, -0.1) is 0 Å². The molecule has 2 amide bonds. The number of nitrogens with one attached hydrogen (secondary N) is 1. The molecule has 1 aromatic heterocycles. The van der Waals surface area contributed by atoms with E-state index in [4.69, 9.17) is 11.6 Å². The average Bonchev–Trinajstić information content (AvgIpc) is 2.79. The van der Waals surface area contributed by atoms with Crippen LogP contribution in [-0.4, -0.2) is 62.8 Å². The number of rotatable bonds is 4. The second kappa shape index (κ2) is 9.35. The molecule has 7 nitrogen and oxygen atoms in total. The maximum Gasteiger partial charge on any atom is 0.253 e. The third-order valence-corrected chi connectivity index (χ3v) is 6.39. The molecule has 0 radical (unpaired) electrons. The lowest BCUT2D eigenvalue weighted by atomic mass is 9.90. The van der Waals surface area contributed by atoms with Gasteiger partial charge in [-0.2, -0.15) is 0 Å². The molecule has 1 fully saturated rings. The number of halogens is 1. The fraction of sp³-hybridized carbons (Fsp3) is 0.360. The molecule has 1 aliphatic heterocycles. The molecular formula is C25H28ClN5O2. The molecule has 1 unspecified atom stereocenters. The van der Waals surface area contributed by atoms with Crippen LogP contribution in [0.15, 0.2) is 60.3 Å². The Kier molecular flexibility index (Phi) is 6.51. The van der Waals surface area contributed by atoms with Crippen molar-refractivity contribution in [1.29, 1.82) is 0 Å². The van der Waals surface area contributed by atoms with Gasteiger partial charge in [-0.05, 0) is 38.5 Å². The number of hydrogen-bond acceptors (Lipinski definition) is 5. The van der Waals surface area contributed by atoms with Gasteiger partial charge in [0, 0.05) is 55.0 Å². The molecule has 33 heavy (non-hydrogen) atoms. The van der Waals surface area contributed by atoms with E-state index < -0.39 is 5.54 Å². The summed E-state index contributed by atoms with van der Waals surface area (Å²) in [6.45, 7) is 7.26. The second-order valence-corrected chi connectivity index (χ2v) is 9.26.